The highest BCUT2D eigenvalue weighted by molar-refractivity contribution is 5.90. The molecule has 0 aliphatic carbocycles. The van der Waals surface area contributed by atoms with E-state index in [2.05, 4.69) is 20.4 Å². The molecule has 4 rings (SSSR count). The maximum Gasteiger partial charge on any atom is 0.191 e. The van der Waals surface area contributed by atoms with Gasteiger partial charge in [0.1, 0.15) is 23.8 Å². The van der Waals surface area contributed by atoms with Crippen LogP contribution in [0.25, 0.3) is 10.9 Å². The Morgan fingerprint density at radius 1 is 1.32 bits per heavy atom. The number of anilines is 1. The van der Waals surface area contributed by atoms with Crippen molar-refractivity contribution in [1.82, 2.24) is 19.7 Å². The molecule has 1 fully saturated rings. The Hall–Kier alpha value is -2.78. The lowest BCUT2D eigenvalue weighted by atomic mass is 10.1. The Morgan fingerprint density at radius 2 is 2.21 bits per heavy atom. The lowest BCUT2D eigenvalue weighted by molar-refractivity contribution is 0.107. The number of nitrogens with one attached hydrogen (secondary N) is 1. The summed E-state index contributed by atoms with van der Waals surface area (Å²) in [5.74, 6) is 0.227. The minimum Gasteiger partial charge on any atom is -0.494 e. The largest absolute Gasteiger partial charge is 0.494 e. The number of aromatic nitrogens is 4. The van der Waals surface area contributed by atoms with Gasteiger partial charge in [0.15, 0.2) is 11.6 Å². The van der Waals surface area contributed by atoms with Gasteiger partial charge in [-0.25, -0.2) is 14.4 Å². The molecule has 2 aromatic heterocycles. The normalized spacial score (nSPS) is 19.2. The van der Waals surface area contributed by atoms with Crippen LogP contribution in [0, 0.1) is 5.82 Å². The molecule has 1 aromatic carbocycles. The zero-order chi connectivity index (χ0) is 19.5. The number of rotatable bonds is 7. The molecule has 0 unspecified atom stereocenters. The van der Waals surface area contributed by atoms with E-state index in [1.165, 1.54) is 13.4 Å². The smallest absolute Gasteiger partial charge is 0.191 e. The second-order valence-electron chi connectivity index (χ2n) is 6.56. The van der Waals surface area contributed by atoms with Gasteiger partial charge in [-0.1, -0.05) is 0 Å². The summed E-state index contributed by atoms with van der Waals surface area (Å²) in [5, 5.41) is 8.36. The summed E-state index contributed by atoms with van der Waals surface area (Å²) in [6.45, 7) is 1.89. The van der Waals surface area contributed by atoms with Crippen LogP contribution in [0.4, 0.5) is 10.2 Å². The monoisotopic (exact) mass is 387 g/mol. The third kappa shape index (κ3) is 3.50. The lowest BCUT2D eigenvalue weighted by Crippen LogP contribution is -2.23. The average molecular weight is 387 g/mol. The molecule has 3 aromatic rings. The molecule has 9 heteroatoms. The number of methoxy groups -OCH3 is 2. The quantitative estimate of drug-likeness (QED) is 0.667. The predicted octanol–water partition coefficient (Wildman–Crippen LogP) is 2.56. The maximum atomic E-state index is 14.5. The van der Waals surface area contributed by atoms with Gasteiger partial charge in [-0.3, -0.25) is 4.68 Å². The van der Waals surface area contributed by atoms with Crippen molar-refractivity contribution < 1.29 is 18.6 Å². The van der Waals surface area contributed by atoms with E-state index in [-0.39, 0.29) is 23.4 Å². The highest BCUT2D eigenvalue weighted by Crippen LogP contribution is 2.33. The standard InChI is InChI=1S/C19H22FN5O3/c1-26-8-6-25-10-12(9-23-25)18-14(5-7-28-18)24-19-13-3-4-15(27-2)16(20)17(13)21-11-22-19/h3-4,9-11,14,18H,5-8H2,1-2H3,(H,21,22,24)/t14-,18+/m1/s1. The number of hydrogen-bond acceptors (Lipinski definition) is 7. The SMILES string of the molecule is COCCn1cc([C@@H]2OCC[C@H]2Nc2ncnc3c(F)c(OC)ccc23)cn1. The van der Waals surface area contributed by atoms with Gasteiger partial charge in [-0.2, -0.15) is 5.10 Å². The molecule has 148 valence electrons. The molecular formula is C19H22FN5O3. The Balaban J connectivity index is 1.58. The van der Waals surface area contributed by atoms with Crippen LogP contribution < -0.4 is 10.1 Å². The van der Waals surface area contributed by atoms with Gasteiger partial charge in [0, 0.05) is 30.9 Å². The van der Waals surface area contributed by atoms with Gasteiger partial charge in [-0.15, -0.1) is 0 Å². The third-order valence-electron chi connectivity index (χ3n) is 4.85. The average Bonchev–Trinajstić information content (AvgIpc) is 3.36. The Bertz CT molecular complexity index is 964. The molecule has 0 saturated carbocycles. The summed E-state index contributed by atoms with van der Waals surface area (Å²) in [7, 11) is 3.09. The maximum absolute atomic E-state index is 14.5. The molecule has 1 aliphatic heterocycles. The summed E-state index contributed by atoms with van der Waals surface area (Å²) >= 11 is 0. The van der Waals surface area contributed by atoms with Gasteiger partial charge >= 0.3 is 0 Å². The number of halogens is 1. The molecule has 1 saturated heterocycles. The van der Waals surface area contributed by atoms with Crippen molar-refractivity contribution in [3.05, 3.63) is 42.2 Å². The number of ether oxygens (including phenoxy) is 3. The second kappa shape index (κ2) is 8.07. The van der Waals surface area contributed by atoms with Gasteiger partial charge < -0.3 is 19.5 Å². The predicted molar refractivity (Wildman–Crippen MR) is 101 cm³/mol. The Kier molecular flexibility index (Phi) is 5.36. The molecule has 3 heterocycles. The van der Waals surface area contributed by atoms with Crippen LogP contribution in [0.15, 0.2) is 30.9 Å². The molecule has 0 amide bonds. The second-order valence-corrected chi connectivity index (χ2v) is 6.56. The first kappa shape index (κ1) is 18.6. The topological polar surface area (TPSA) is 83.3 Å². The number of fused-ring (bicyclic) bond motifs is 1. The summed E-state index contributed by atoms with van der Waals surface area (Å²) in [6.07, 6.45) is 5.76. The van der Waals surface area contributed by atoms with Crippen molar-refractivity contribution in [2.45, 2.75) is 25.1 Å². The molecule has 1 N–H and O–H groups in total. The summed E-state index contributed by atoms with van der Waals surface area (Å²) in [4.78, 5) is 8.39. The third-order valence-corrected chi connectivity index (χ3v) is 4.85. The number of hydrogen-bond donors (Lipinski definition) is 1. The van der Waals surface area contributed by atoms with Crippen molar-refractivity contribution in [3.63, 3.8) is 0 Å². The first-order chi connectivity index (χ1) is 13.7. The fourth-order valence-corrected chi connectivity index (χ4v) is 3.42. The van der Waals surface area contributed by atoms with Gasteiger partial charge in [-0.05, 0) is 18.6 Å². The van der Waals surface area contributed by atoms with Crippen LogP contribution in [-0.4, -0.2) is 53.2 Å². The number of benzene rings is 1. The van der Waals surface area contributed by atoms with Crippen molar-refractivity contribution >= 4 is 16.7 Å². The van der Waals surface area contributed by atoms with E-state index in [4.69, 9.17) is 14.2 Å². The minimum atomic E-state index is -0.496. The van der Waals surface area contributed by atoms with Crippen molar-refractivity contribution in [3.8, 4) is 5.75 Å². The minimum absolute atomic E-state index is 0.0108. The molecule has 2 atom stereocenters. The van der Waals surface area contributed by atoms with E-state index in [1.807, 2.05) is 17.1 Å². The van der Waals surface area contributed by atoms with Gasteiger partial charge in [0.25, 0.3) is 0 Å². The molecular weight excluding hydrogens is 365 g/mol. The van der Waals surface area contributed by atoms with Gasteiger partial charge in [0.2, 0.25) is 0 Å². The zero-order valence-corrected chi connectivity index (χ0v) is 15.8. The summed E-state index contributed by atoms with van der Waals surface area (Å²) < 4.78 is 32.4. The molecule has 1 aliphatic rings. The van der Waals surface area contributed by atoms with Crippen LogP contribution in [0.5, 0.6) is 5.75 Å². The van der Waals surface area contributed by atoms with Crippen LogP contribution in [0.2, 0.25) is 0 Å². The Morgan fingerprint density at radius 3 is 3.04 bits per heavy atom. The van der Waals surface area contributed by atoms with E-state index >= 15 is 0 Å². The number of nitrogens with zero attached hydrogens (tertiary/aromatic N) is 4. The summed E-state index contributed by atoms with van der Waals surface area (Å²) in [5.41, 5.74) is 1.21. The highest BCUT2D eigenvalue weighted by atomic mass is 19.1. The van der Waals surface area contributed by atoms with Crippen LogP contribution >= 0.6 is 0 Å². The van der Waals surface area contributed by atoms with E-state index in [1.54, 1.807) is 19.2 Å². The van der Waals surface area contributed by atoms with E-state index < -0.39 is 5.82 Å². The molecule has 0 bridgehead atoms. The fraction of sp³-hybridized carbons (Fsp3) is 0.421. The van der Waals surface area contributed by atoms with Crippen LogP contribution in [-0.2, 0) is 16.0 Å². The van der Waals surface area contributed by atoms with Crippen LogP contribution in [0.3, 0.4) is 0 Å². The summed E-state index contributed by atoms with van der Waals surface area (Å²) in [6, 6.07) is 3.32. The van der Waals surface area contributed by atoms with Crippen LogP contribution in [0.1, 0.15) is 18.1 Å². The molecule has 28 heavy (non-hydrogen) atoms. The first-order valence-corrected chi connectivity index (χ1v) is 9.08. The lowest BCUT2D eigenvalue weighted by Gasteiger charge is -2.20. The van der Waals surface area contributed by atoms with Crippen molar-refractivity contribution in [2.75, 3.05) is 32.8 Å². The highest BCUT2D eigenvalue weighted by Gasteiger charge is 2.31. The molecule has 8 nitrogen and oxygen atoms in total. The zero-order valence-electron chi connectivity index (χ0n) is 15.8. The van der Waals surface area contributed by atoms with E-state index in [0.29, 0.717) is 31.0 Å². The Labute approximate surface area is 161 Å². The fourth-order valence-electron chi connectivity index (χ4n) is 3.42. The van der Waals surface area contributed by atoms with Crippen molar-refractivity contribution in [1.29, 1.82) is 0 Å². The van der Waals surface area contributed by atoms with Gasteiger partial charge in [0.05, 0.1) is 32.5 Å². The first-order valence-electron chi connectivity index (χ1n) is 9.08. The van der Waals surface area contributed by atoms with E-state index in [0.717, 1.165) is 12.0 Å². The molecule has 0 spiro atoms. The van der Waals surface area contributed by atoms with E-state index in [9.17, 15) is 4.39 Å². The van der Waals surface area contributed by atoms with Crippen molar-refractivity contribution in [2.24, 2.45) is 0 Å². The molecule has 0 radical (unpaired) electrons.